The highest BCUT2D eigenvalue weighted by Gasteiger charge is 2.43. The molecular formula is C12H7Cl3Si. The van der Waals surface area contributed by atoms with Crippen molar-refractivity contribution in [2.24, 2.45) is 0 Å². The Morgan fingerprint density at radius 3 is 2.31 bits per heavy atom. The molecule has 2 aromatic carbocycles. The first-order valence-corrected chi connectivity index (χ1v) is 9.28. The van der Waals surface area contributed by atoms with Gasteiger partial charge in [-0.25, -0.2) is 0 Å². The van der Waals surface area contributed by atoms with Crippen LogP contribution in [0.5, 0.6) is 0 Å². The fourth-order valence-electron chi connectivity index (χ4n) is 2.15. The molecule has 80 valence electrons. The molecule has 4 heteroatoms. The molecule has 0 unspecified atom stereocenters. The highest BCUT2D eigenvalue weighted by Crippen LogP contribution is 2.33. The minimum Gasteiger partial charge on any atom is -0.134 e. The van der Waals surface area contributed by atoms with Gasteiger partial charge < -0.3 is 0 Å². The number of hydrogen-bond acceptors (Lipinski definition) is 0. The molecule has 1 heterocycles. The van der Waals surface area contributed by atoms with Crippen molar-refractivity contribution in [3.8, 4) is 11.1 Å². The van der Waals surface area contributed by atoms with Gasteiger partial charge in [-0.3, -0.25) is 0 Å². The molecule has 1 aliphatic rings. The molecule has 0 aromatic heterocycles. The summed E-state index contributed by atoms with van der Waals surface area (Å²) in [5.74, 6) is 0. The third-order valence-corrected chi connectivity index (χ3v) is 7.78. The molecule has 16 heavy (non-hydrogen) atoms. The zero-order chi connectivity index (χ0) is 11.3. The summed E-state index contributed by atoms with van der Waals surface area (Å²) in [4.78, 5) is 0. The van der Waals surface area contributed by atoms with E-state index in [4.69, 9.17) is 33.8 Å². The van der Waals surface area contributed by atoms with Crippen molar-refractivity contribution in [2.75, 3.05) is 0 Å². The molecular weight excluding hydrogens is 279 g/mol. The normalized spacial score (nSPS) is 15.7. The van der Waals surface area contributed by atoms with E-state index in [1.54, 1.807) is 0 Å². The fraction of sp³-hybridized carbons (Fsp3) is 0. The van der Waals surface area contributed by atoms with Crippen molar-refractivity contribution in [1.82, 2.24) is 0 Å². The SMILES string of the molecule is Clc1ccc2c(c1)-c1ccccc1[Si]2(Cl)Cl. The highest BCUT2D eigenvalue weighted by molar-refractivity contribution is 7.57. The second kappa shape index (κ2) is 3.51. The maximum Gasteiger partial charge on any atom is 0.311 e. The minimum atomic E-state index is -2.52. The van der Waals surface area contributed by atoms with Gasteiger partial charge in [0.05, 0.1) is 0 Å². The van der Waals surface area contributed by atoms with Crippen LogP contribution >= 0.6 is 33.8 Å². The Labute approximate surface area is 109 Å². The molecule has 2 aromatic rings. The summed E-state index contributed by atoms with van der Waals surface area (Å²) >= 11 is 19.1. The summed E-state index contributed by atoms with van der Waals surface area (Å²) in [5, 5.41) is 2.82. The van der Waals surface area contributed by atoms with Gasteiger partial charge in [0.25, 0.3) is 0 Å². The smallest absolute Gasteiger partial charge is 0.134 e. The maximum atomic E-state index is 6.54. The number of hydrogen-bond donors (Lipinski definition) is 0. The Balaban J connectivity index is 2.40. The Hall–Kier alpha value is -0.473. The van der Waals surface area contributed by atoms with Crippen molar-refractivity contribution in [2.45, 2.75) is 0 Å². The summed E-state index contributed by atoms with van der Waals surface area (Å²) in [6.45, 7) is -2.52. The number of benzene rings is 2. The van der Waals surface area contributed by atoms with E-state index in [9.17, 15) is 0 Å². The van der Waals surface area contributed by atoms with Gasteiger partial charge in [-0.15, -0.1) is 22.2 Å². The number of rotatable bonds is 0. The van der Waals surface area contributed by atoms with E-state index in [0.29, 0.717) is 5.02 Å². The average molecular weight is 286 g/mol. The third kappa shape index (κ3) is 1.36. The molecule has 0 fully saturated rings. The van der Waals surface area contributed by atoms with E-state index in [1.165, 1.54) is 0 Å². The Kier molecular flexibility index (Phi) is 2.34. The lowest BCUT2D eigenvalue weighted by molar-refractivity contribution is 1.71. The Morgan fingerprint density at radius 2 is 1.50 bits per heavy atom. The largest absolute Gasteiger partial charge is 0.311 e. The minimum absolute atomic E-state index is 0.716. The molecule has 1 aliphatic heterocycles. The van der Waals surface area contributed by atoms with E-state index < -0.39 is 6.69 Å². The summed E-state index contributed by atoms with van der Waals surface area (Å²) in [5.41, 5.74) is 2.21. The Morgan fingerprint density at radius 1 is 0.812 bits per heavy atom. The summed E-state index contributed by atoms with van der Waals surface area (Å²) in [6, 6.07) is 13.8. The van der Waals surface area contributed by atoms with Crippen LogP contribution in [0.1, 0.15) is 0 Å². The molecule has 3 rings (SSSR count). The first-order chi connectivity index (χ1) is 7.60. The van der Waals surface area contributed by atoms with Crippen LogP contribution in [-0.4, -0.2) is 6.69 Å². The zero-order valence-electron chi connectivity index (χ0n) is 8.18. The molecule has 0 amide bonds. The second-order valence-electron chi connectivity index (χ2n) is 3.81. The molecule has 0 aliphatic carbocycles. The second-order valence-corrected chi connectivity index (χ2v) is 10.5. The van der Waals surface area contributed by atoms with Crippen molar-refractivity contribution >= 4 is 50.8 Å². The predicted molar refractivity (Wildman–Crippen MR) is 73.6 cm³/mol. The van der Waals surface area contributed by atoms with Gasteiger partial charge in [0.15, 0.2) is 0 Å². The van der Waals surface area contributed by atoms with Gasteiger partial charge in [0.2, 0.25) is 0 Å². The van der Waals surface area contributed by atoms with E-state index in [1.807, 2.05) is 42.5 Å². The molecule has 0 radical (unpaired) electrons. The van der Waals surface area contributed by atoms with E-state index >= 15 is 0 Å². The molecule has 0 N–H and O–H groups in total. The van der Waals surface area contributed by atoms with Crippen molar-refractivity contribution in [3.05, 3.63) is 47.5 Å². The third-order valence-electron chi connectivity index (χ3n) is 2.88. The number of halogens is 3. The average Bonchev–Trinajstić information content (AvgIpc) is 2.49. The summed E-state index contributed by atoms with van der Waals surface area (Å²) in [6.07, 6.45) is 0. The van der Waals surface area contributed by atoms with Crippen LogP contribution in [0, 0.1) is 0 Å². The molecule has 0 spiro atoms. The van der Waals surface area contributed by atoms with Crippen LogP contribution in [0.3, 0.4) is 0 Å². The van der Waals surface area contributed by atoms with Crippen LogP contribution in [0.2, 0.25) is 5.02 Å². The van der Waals surface area contributed by atoms with Crippen molar-refractivity contribution in [3.63, 3.8) is 0 Å². The van der Waals surface area contributed by atoms with Crippen LogP contribution < -0.4 is 10.4 Å². The molecule has 0 bridgehead atoms. The summed E-state index contributed by atoms with van der Waals surface area (Å²) < 4.78 is 0. The fourth-order valence-corrected chi connectivity index (χ4v) is 6.29. The quantitative estimate of drug-likeness (QED) is 0.514. The van der Waals surface area contributed by atoms with E-state index in [2.05, 4.69) is 0 Å². The first kappa shape index (κ1) is 10.7. The van der Waals surface area contributed by atoms with Gasteiger partial charge in [0.1, 0.15) is 0 Å². The molecule has 0 nitrogen and oxygen atoms in total. The number of fused-ring (bicyclic) bond motifs is 3. The first-order valence-electron chi connectivity index (χ1n) is 4.88. The Bertz CT molecular complexity index is 578. The van der Waals surface area contributed by atoms with Gasteiger partial charge in [-0.05, 0) is 33.6 Å². The lowest BCUT2D eigenvalue weighted by Crippen LogP contribution is -2.44. The molecule has 0 saturated carbocycles. The molecule has 0 atom stereocenters. The van der Waals surface area contributed by atoms with Crippen LogP contribution in [0.15, 0.2) is 42.5 Å². The zero-order valence-corrected chi connectivity index (χ0v) is 11.4. The topological polar surface area (TPSA) is 0 Å². The van der Waals surface area contributed by atoms with Crippen LogP contribution in [0.4, 0.5) is 0 Å². The van der Waals surface area contributed by atoms with Gasteiger partial charge in [0, 0.05) is 5.02 Å². The van der Waals surface area contributed by atoms with Gasteiger partial charge >= 0.3 is 6.69 Å². The van der Waals surface area contributed by atoms with Crippen LogP contribution in [0.25, 0.3) is 11.1 Å². The standard InChI is InChI=1S/C12H7Cl3Si/c13-8-5-6-12-10(7-8)9-3-1-2-4-11(9)16(12,14)15/h1-7H. The lowest BCUT2D eigenvalue weighted by Gasteiger charge is -2.11. The lowest BCUT2D eigenvalue weighted by atomic mass is 10.1. The predicted octanol–water partition coefficient (Wildman–Crippen LogP) is 3.35. The van der Waals surface area contributed by atoms with Crippen molar-refractivity contribution < 1.29 is 0 Å². The monoisotopic (exact) mass is 284 g/mol. The van der Waals surface area contributed by atoms with E-state index in [0.717, 1.165) is 21.5 Å². The van der Waals surface area contributed by atoms with Crippen LogP contribution in [-0.2, 0) is 0 Å². The van der Waals surface area contributed by atoms with Gasteiger partial charge in [-0.2, -0.15) is 0 Å². The van der Waals surface area contributed by atoms with E-state index in [-0.39, 0.29) is 0 Å². The molecule has 0 saturated heterocycles. The van der Waals surface area contributed by atoms with Crippen molar-refractivity contribution in [1.29, 1.82) is 0 Å². The summed E-state index contributed by atoms with van der Waals surface area (Å²) in [7, 11) is 0. The maximum absolute atomic E-state index is 6.54. The van der Waals surface area contributed by atoms with Gasteiger partial charge in [-0.1, -0.05) is 41.9 Å². The highest BCUT2D eigenvalue weighted by atomic mass is 35.7.